The Morgan fingerprint density at radius 1 is 1.25 bits per heavy atom. The molecule has 1 aromatic heterocycles. The minimum absolute atomic E-state index is 0.229. The number of para-hydroxylation sites is 1. The van der Waals surface area contributed by atoms with E-state index in [0.717, 1.165) is 11.6 Å². The normalized spacial score (nSPS) is 11.8. The molecule has 0 aliphatic heterocycles. The molecule has 16 heavy (non-hydrogen) atoms. The van der Waals surface area contributed by atoms with Crippen LogP contribution in [0.2, 0.25) is 0 Å². The zero-order valence-electron chi connectivity index (χ0n) is 8.73. The molecule has 4 nitrogen and oxygen atoms in total. The van der Waals surface area contributed by atoms with Crippen molar-refractivity contribution in [1.29, 1.82) is 0 Å². The molecule has 5 heteroatoms. The van der Waals surface area contributed by atoms with Crippen LogP contribution in [0.15, 0.2) is 35.1 Å². The van der Waals surface area contributed by atoms with Crippen LogP contribution in [-0.2, 0) is 15.6 Å². The number of aromatic nitrogens is 1. The smallest absolute Gasteiger partial charge is 0.252 e. The molecule has 1 heterocycles. The van der Waals surface area contributed by atoms with Crippen molar-refractivity contribution in [3.8, 4) is 0 Å². The van der Waals surface area contributed by atoms with Gasteiger partial charge in [0.2, 0.25) is 0 Å². The van der Waals surface area contributed by atoms with E-state index >= 15 is 0 Å². The van der Waals surface area contributed by atoms with Crippen molar-refractivity contribution < 1.29 is 8.42 Å². The zero-order chi connectivity index (χ0) is 11.8. The minimum Gasteiger partial charge on any atom is -0.322 e. The van der Waals surface area contributed by atoms with E-state index < -0.39 is 9.84 Å². The largest absolute Gasteiger partial charge is 0.322 e. The van der Waals surface area contributed by atoms with Crippen LogP contribution in [0.3, 0.4) is 0 Å². The molecule has 2 rings (SSSR count). The highest BCUT2D eigenvalue weighted by Crippen LogP contribution is 2.11. The highest BCUT2D eigenvalue weighted by atomic mass is 32.2. The fourth-order valence-electron chi connectivity index (χ4n) is 1.58. The second-order valence-corrected chi connectivity index (χ2v) is 5.92. The summed E-state index contributed by atoms with van der Waals surface area (Å²) in [7, 11) is -3.19. The van der Waals surface area contributed by atoms with E-state index in [2.05, 4.69) is 4.98 Å². The van der Waals surface area contributed by atoms with Gasteiger partial charge >= 0.3 is 0 Å². The second kappa shape index (κ2) is 3.75. The summed E-state index contributed by atoms with van der Waals surface area (Å²) >= 11 is 0. The summed E-state index contributed by atoms with van der Waals surface area (Å²) in [5, 5.41) is 0.834. The van der Waals surface area contributed by atoms with E-state index in [-0.39, 0.29) is 16.9 Å². The molecular formula is C11H11NO3S. The number of fused-ring (bicyclic) bond motifs is 1. The van der Waals surface area contributed by atoms with Crippen molar-refractivity contribution in [2.75, 3.05) is 6.26 Å². The number of sulfone groups is 1. The van der Waals surface area contributed by atoms with Crippen molar-refractivity contribution in [2.45, 2.75) is 5.75 Å². The van der Waals surface area contributed by atoms with Crippen LogP contribution < -0.4 is 5.56 Å². The summed E-state index contributed by atoms with van der Waals surface area (Å²) in [6, 6.07) is 8.88. The van der Waals surface area contributed by atoms with Gasteiger partial charge in [0.15, 0.2) is 9.84 Å². The predicted molar refractivity (Wildman–Crippen MR) is 63.1 cm³/mol. The Labute approximate surface area is 92.8 Å². The molecule has 0 aliphatic carbocycles. The Morgan fingerprint density at radius 2 is 1.94 bits per heavy atom. The topological polar surface area (TPSA) is 67.0 Å². The van der Waals surface area contributed by atoms with E-state index in [4.69, 9.17) is 0 Å². The predicted octanol–water partition coefficient (Wildman–Crippen LogP) is 1.07. The third kappa shape index (κ3) is 2.30. The lowest BCUT2D eigenvalue weighted by atomic mass is 10.2. The molecule has 0 bridgehead atoms. The summed E-state index contributed by atoms with van der Waals surface area (Å²) < 4.78 is 22.3. The fraction of sp³-hybridized carbons (Fsp3) is 0.182. The van der Waals surface area contributed by atoms with Gasteiger partial charge in [-0.2, -0.15) is 0 Å². The average molecular weight is 237 g/mol. The third-order valence-electron chi connectivity index (χ3n) is 2.25. The lowest BCUT2D eigenvalue weighted by molar-refractivity contribution is 0.601. The minimum atomic E-state index is -3.19. The molecule has 0 spiro atoms. The number of nitrogens with one attached hydrogen (secondary N) is 1. The van der Waals surface area contributed by atoms with Crippen molar-refractivity contribution in [1.82, 2.24) is 4.98 Å². The van der Waals surface area contributed by atoms with Gasteiger partial charge in [0, 0.05) is 17.3 Å². The maximum atomic E-state index is 11.6. The first-order valence-electron chi connectivity index (χ1n) is 4.74. The van der Waals surface area contributed by atoms with Gasteiger partial charge in [0.25, 0.3) is 5.56 Å². The molecule has 0 unspecified atom stereocenters. The highest BCUT2D eigenvalue weighted by Gasteiger charge is 2.09. The van der Waals surface area contributed by atoms with Gasteiger partial charge in [0.05, 0.1) is 5.75 Å². The summed E-state index contributed by atoms with van der Waals surface area (Å²) in [4.78, 5) is 14.3. The number of benzene rings is 1. The lowest BCUT2D eigenvalue weighted by Crippen LogP contribution is -2.15. The standard InChI is InChI=1S/C11H11NO3S/c1-16(14,15)7-9-6-8-4-2-3-5-10(8)12-11(9)13/h2-6H,7H2,1H3,(H,12,13). The molecule has 0 saturated carbocycles. The van der Waals surface area contributed by atoms with E-state index in [1.807, 2.05) is 18.2 Å². The first-order valence-corrected chi connectivity index (χ1v) is 6.80. The summed E-state index contributed by atoms with van der Waals surface area (Å²) in [5.41, 5.74) is 0.648. The first-order chi connectivity index (χ1) is 7.46. The Kier molecular flexibility index (Phi) is 2.55. The molecule has 1 N–H and O–H groups in total. The lowest BCUT2D eigenvalue weighted by Gasteiger charge is -2.01. The quantitative estimate of drug-likeness (QED) is 0.849. The number of rotatable bonds is 2. The maximum absolute atomic E-state index is 11.6. The average Bonchev–Trinajstić information content (AvgIpc) is 2.17. The fourth-order valence-corrected chi connectivity index (χ4v) is 2.36. The molecule has 0 amide bonds. The molecule has 0 saturated heterocycles. The molecule has 0 radical (unpaired) electrons. The van der Waals surface area contributed by atoms with Crippen LogP contribution in [0.1, 0.15) is 5.56 Å². The second-order valence-electron chi connectivity index (χ2n) is 3.78. The molecule has 0 atom stereocenters. The first kappa shape index (κ1) is 10.9. The number of hydrogen-bond acceptors (Lipinski definition) is 3. The van der Waals surface area contributed by atoms with Crippen LogP contribution >= 0.6 is 0 Å². The van der Waals surface area contributed by atoms with Crippen LogP contribution in [0.5, 0.6) is 0 Å². The molecule has 0 fully saturated rings. The Balaban J connectivity index is 2.63. The number of hydrogen-bond donors (Lipinski definition) is 1. The van der Waals surface area contributed by atoms with E-state index in [1.165, 1.54) is 0 Å². The van der Waals surface area contributed by atoms with Gasteiger partial charge in [0.1, 0.15) is 0 Å². The van der Waals surface area contributed by atoms with Crippen molar-refractivity contribution in [3.05, 3.63) is 46.2 Å². The molecule has 1 aromatic carbocycles. The van der Waals surface area contributed by atoms with Gasteiger partial charge < -0.3 is 4.98 Å². The van der Waals surface area contributed by atoms with Gasteiger partial charge in [-0.15, -0.1) is 0 Å². The zero-order valence-corrected chi connectivity index (χ0v) is 9.54. The van der Waals surface area contributed by atoms with E-state index in [9.17, 15) is 13.2 Å². The van der Waals surface area contributed by atoms with Crippen molar-refractivity contribution in [3.63, 3.8) is 0 Å². The summed E-state index contributed by atoms with van der Waals surface area (Å²) in [6.07, 6.45) is 1.11. The molecule has 0 aliphatic rings. The Morgan fingerprint density at radius 3 is 2.62 bits per heavy atom. The maximum Gasteiger partial charge on any atom is 0.252 e. The highest BCUT2D eigenvalue weighted by molar-refractivity contribution is 7.89. The summed E-state index contributed by atoms with van der Waals surface area (Å²) in [6.45, 7) is 0. The van der Waals surface area contributed by atoms with E-state index in [0.29, 0.717) is 5.52 Å². The number of H-pyrrole nitrogens is 1. The van der Waals surface area contributed by atoms with Crippen molar-refractivity contribution in [2.24, 2.45) is 0 Å². The monoisotopic (exact) mass is 237 g/mol. The summed E-state index contributed by atoms with van der Waals surface area (Å²) in [5.74, 6) is -0.229. The molecular weight excluding hydrogens is 226 g/mol. The van der Waals surface area contributed by atoms with Gasteiger partial charge in [-0.3, -0.25) is 4.79 Å². The Bertz CT molecular complexity index is 686. The third-order valence-corrected chi connectivity index (χ3v) is 3.08. The van der Waals surface area contributed by atoms with Gasteiger partial charge in [-0.25, -0.2) is 8.42 Å². The van der Waals surface area contributed by atoms with Gasteiger partial charge in [-0.05, 0) is 17.5 Å². The molecule has 84 valence electrons. The van der Waals surface area contributed by atoms with E-state index in [1.54, 1.807) is 12.1 Å². The SMILES string of the molecule is CS(=O)(=O)Cc1cc2ccccc2[nH]c1=O. The number of pyridine rings is 1. The number of aromatic amines is 1. The van der Waals surface area contributed by atoms with Crippen LogP contribution in [0, 0.1) is 0 Å². The molecule has 2 aromatic rings. The van der Waals surface area contributed by atoms with Crippen LogP contribution in [0.4, 0.5) is 0 Å². The van der Waals surface area contributed by atoms with Crippen molar-refractivity contribution >= 4 is 20.7 Å². The van der Waals surface area contributed by atoms with Gasteiger partial charge in [-0.1, -0.05) is 18.2 Å². The van der Waals surface area contributed by atoms with Crippen LogP contribution in [0.25, 0.3) is 10.9 Å². The van der Waals surface area contributed by atoms with Crippen LogP contribution in [-0.4, -0.2) is 19.7 Å². The Hall–Kier alpha value is -1.62.